The molecule has 1 rings (SSSR count). The number of carbonyl (C=O) groups excluding carboxylic acids is 1. The highest BCUT2D eigenvalue weighted by molar-refractivity contribution is 5.64. The topological polar surface area (TPSA) is 84.4 Å². The summed E-state index contributed by atoms with van der Waals surface area (Å²) < 4.78 is 9.82. The maximum atomic E-state index is 10.3. The molecule has 0 saturated heterocycles. The number of nitrogens with zero attached hydrogens (tertiary/aromatic N) is 2. The fourth-order valence-electron chi connectivity index (χ4n) is 0.984. The first kappa shape index (κ1) is 11.2. The highest BCUT2D eigenvalue weighted by atomic mass is 16.5. The number of ether oxygens (including phenoxy) is 2. The molecule has 0 aliphatic carbocycles. The molecule has 0 aliphatic heterocycles. The van der Waals surface area contributed by atoms with Gasteiger partial charge >= 0.3 is 0 Å². The van der Waals surface area contributed by atoms with Crippen molar-refractivity contribution in [2.75, 3.05) is 14.2 Å². The van der Waals surface area contributed by atoms with Crippen LogP contribution in [0.4, 0.5) is 0 Å². The van der Waals surface area contributed by atoms with E-state index in [0.717, 1.165) is 0 Å². The summed E-state index contributed by atoms with van der Waals surface area (Å²) in [6, 6.07) is 1.52. The molecule has 15 heavy (non-hydrogen) atoms. The largest absolute Gasteiger partial charge is 0.550 e. The molecule has 0 bridgehead atoms. The highest BCUT2D eigenvalue weighted by Crippen LogP contribution is 2.15. The van der Waals surface area contributed by atoms with E-state index < -0.39 is 5.97 Å². The van der Waals surface area contributed by atoms with Gasteiger partial charge in [0.05, 0.1) is 20.3 Å². The second-order valence-electron chi connectivity index (χ2n) is 2.74. The molecule has 0 amide bonds. The molecule has 82 valence electrons. The standard InChI is InChI=1S/C9H12N2O4/c1-14-7-5-8(15-2)11-6(10-7)3-4-9(12)13/h5H,3-4H2,1-2H3,(H,12,13)/p-1. The molecule has 0 saturated carbocycles. The summed E-state index contributed by atoms with van der Waals surface area (Å²) >= 11 is 0. The molecule has 0 unspecified atom stereocenters. The average molecular weight is 211 g/mol. The van der Waals surface area contributed by atoms with Gasteiger partial charge in [0.1, 0.15) is 5.82 Å². The van der Waals surface area contributed by atoms with Crippen LogP contribution < -0.4 is 14.6 Å². The normalized spacial score (nSPS) is 9.73. The summed E-state index contributed by atoms with van der Waals surface area (Å²) in [6.45, 7) is 0. The number of methoxy groups -OCH3 is 2. The fraction of sp³-hybridized carbons (Fsp3) is 0.444. The number of aliphatic carboxylic acids is 1. The van der Waals surface area contributed by atoms with Gasteiger partial charge in [0.15, 0.2) is 0 Å². The summed E-state index contributed by atoms with van der Waals surface area (Å²) in [5.74, 6) is -0.0961. The van der Waals surface area contributed by atoms with Crippen molar-refractivity contribution in [3.05, 3.63) is 11.9 Å². The Labute approximate surface area is 86.9 Å². The molecule has 0 spiro atoms. The van der Waals surface area contributed by atoms with Gasteiger partial charge in [-0.15, -0.1) is 0 Å². The van der Waals surface area contributed by atoms with Crippen molar-refractivity contribution in [1.82, 2.24) is 9.97 Å². The Morgan fingerprint density at radius 2 is 1.87 bits per heavy atom. The second-order valence-corrected chi connectivity index (χ2v) is 2.74. The highest BCUT2D eigenvalue weighted by Gasteiger charge is 2.04. The van der Waals surface area contributed by atoms with Gasteiger partial charge in [-0.3, -0.25) is 0 Å². The Hall–Kier alpha value is -1.85. The maximum Gasteiger partial charge on any atom is 0.220 e. The van der Waals surface area contributed by atoms with Crippen LogP contribution in [0.5, 0.6) is 11.8 Å². The Morgan fingerprint density at radius 3 is 2.27 bits per heavy atom. The number of carboxylic acids is 1. The lowest BCUT2D eigenvalue weighted by Crippen LogP contribution is -2.22. The van der Waals surface area contributed by atoms with Gasteiger partial charge in [0, 0.05) is 12.4 Å². The van der Waals surface area contributed by atoms with E-state index in [4.69, 9.17) is 9.47 Å². The van der Waals surface area contributed by atoms with E-state index in [0.29, 0.717) is 17.6 Å². The predicted octanol–water partition coefficient (Wildman–Crippen LogP) is -0.824. The van der Waals surface area contributed by atoms with Crippen molar-refractivity contribution in [2.24, 2.45) is 0 Å². The minimum absolute atomic E-state index is 0.129. The van der Waals surface area contributed by atoms with E-state index in [2.05, 4.69) is 9.97 Å². The van der Waals surface area contributed by atoms with Crippen LogP contribution in [-0.2, 0) is 11.2 Å². The van der Waals surface area contributed by atoms with Crippen LogP contribution in [0.25, 0.3) is 0 Å². The van der Waals surface area contributed by atoms with Gasteiger partial charge < -0.3 is 19.4 Å². The number of aromatic nitrogens is 2. The number of aryl methyl sites for hydroxylation is 1. The molecule has 0 aliphatic rings. The zero-order valence-electron chi connectivity index (χ0n) is 8.52. The van der Waals surface area contributed by atoms with Crippen LogP contribution >= 0.6 is 0 Å². The van der Waals surface area contributed by atoms with Gasteiger partial charge in [-0.05, 0) is 6.42 Å². The molecule has 0 radical (unpaired) electrons. The zero-order chi connectivity index (χ0) is 11.3. The number of carboxylic acid groups (broad SMARTS) is 1. The molecule has 1 aromatic heterocycles. The zero-order valence-corrected chi connectivity index (χ0v) is 8.52. The van der Waals surface area contributed by atoms with Gasteiger partial charge in [-0.25, -0.2) is 0 Å². The summed E-state index contributed by atoms with van der Waals surface area (Å²) in [5, 5.41) is 10.3. The summed E-state index contributed by atoms with van der Waals surface area (Å²) in [6.07, 6.45) is 0.0617. The first-order valence-corrected chi connectivity index (χ1v) is 4.31. The third-order valence-corrected chi connectivity index (χ3v) is 1.70. The average Bonchev–Trinajstić information content (AvgIpc) is 2.25. The lowest BCUT2D eigenvalue weighted by molar-refractivity contribution is -0.305. The lowest BCUT2D eigenvalue weighted by atomic mass is 10.3. The minimum atomic E-state index is -1.14. The first-order chi connectivity index (χ1) is 7.15. The number of hydrogen-bond acceptors (Lipinski definition) is 6. The van der Waals surface area contributed by atoms with E-state index in [1.807, 2.05) is 0 Å². The van der Waals surface area contributed by atoms with Crippen LogP contribution in [0, 0.1) is 0 Å². The second kappa shape index (κ2) is 5.14. The SMILES string of the molecule is COc1cc(OC)nc(CCC(=O)[O-])n1. The number of rotatable bonds is 5. The van der Waals surface area contributed by atoms with Gasteiger partial charge in [-0.1, -0.05) is 0 Å². The van der Waals surface area contributed by atoms with Crippen molar-refractivity contribution < 1.29 is 19.4 Å². The molecule has 0 fully saturated rings. The smallest absolute Gasteiger partial charge is 0.220 e. The van der Waals surface area contributed by atoms with Crippen LogP contribution in [0.3, 0.4) is 0 Å². The van der Waals surface area contributed by atoms with Crippen LogP contribution in [-0.4, -0.2) is 30.2 Å². The van der Waals surface area contributed by atoms with Crippen molar-refractivity contribution in [2.45, 2.75) is 12.8 Å². The van der Waals surface area contributed by atoms with Crippen LogP contribution in [0.15, 0.2) is 6.07 Å². The quantitative estimate of drug-likeness (QED) is 0.632. The number of hydrogen-bond donors (Lipinski definition) is 0. The molecule has 0 atom stereocenters. The van der Waals surface area contributed by atoms with Gasteiger partial charge in [0.25, 0.3) is 0 Å². The fourth-order valence-corrected chi connectivity index (χ4v) is 0.984. The van der Waals surface area contributed by atoms with Crippen molar-refractivity contribution in [3.63, 3.8) is 0 Å². The minimum Gasteiger partial charge on any atom is -0.550 e. The predicted molar refractivity (Wildman–Crippen MR) is 48.5 cm³/mol. The Kier molecular flexibility index (Phi) is 3.84. The third kappa shape index (κ3) is 3.41. The monoisotopic (exact) mass is 211 g/mol. The molecule has 0 aromatic carbocycles. The first-order valence-electron chi connectivity index (χ1n) is 4.31. The molecule has 1 aromatic rings. The van der Waals surface area contributed by atoms with Crippen LogP contribution in [0.2, 0.25) is 0 Å². The third-order valence-electron chi connectivity index (χ3n) is 1.70. The molecule has 1 heterocycles. The Bertz CT molecular complexity index is 332. The van der Waals surface area contributed by atoms with Gasteiger partial charge in [0.2, 0.25) is 11.8 Å². The Balaban J connectivity index is 2.81. The van der Waals surface area contributed by atoms with Crippen molar-refractivity contribution >= 4 is 5.97 Å². The molecular formula is C9H11N2O4-. The number of carbonyl (C=O) groups is 1. The van der Waals surface area contributed by atoms with Crippen molar-refractivity contribution in [3.8, 4) is 11.8 Å². The molecule has 6 heteroatoms. The van der Waals surface area contributed by atoms with E-state index in [1.165, 1.54) is 20.3 Å². The van der Waals surface area contributed by atoms with E-state index in [-0.39, 0.29) is 12.8 Å². The molecular weight excluding hydrogens is 200 g/mol. The molecule has 6 nitrogen and oxygen atoms in total. The van der Waals surface area contributed by atoms with E-state index in [1.54, 1.807) is 0 Å². The summed E-state index contributed by atoms with van der Waals surface area (Å²) in [5.41, 5.74) is 0. The van der Waals surface area contributed by atoms with Crippen molar-refractivity contribution in [1.29, 1.82) is 0 Å². The molecule has 0 N–H and O–H groups in total. The van der Waals surface area contributed by atoms with E-state index in [9.17, 15) is 9.90 Å². The Morgan fingerprint density at radius 1 is 1.33 bits per heavy atom. The lowest BCUT2D eigenvalue weighted by Gasteiger charge is -2.06. The van der Waals surface area contributed by atoms with Gasteiger partial charge in [-0.2, -0.15) is 9.97 Å². The van der Waals surface area contributed by atoms with Crippen LogP contribution in [0.1, 0.15) is 12.2 Å². The summed E-state index contributed by atoms with van der Waals surface area (Å²) in [7, 11) is 2.93. The summed E-state index contributed by atoms with van der Waals surface area (Å²) in [4.78, 5) is 18.2. The maximum absolute atomic E-state index is 10.3. The van der Waals surface area contributed by atoms with E-state index >= 15 is 0 Å².